The van der Waals surface area contributed by atoms with Crippen LogP contribution in [0, 0.1) is 23.0 Å². The van der Waals surface area contributed by atoms with E-state index in [0.29, 0.717) is 24.0 Å². The average molecular weight is 295 g/mol. The number of hydrogen-bond donors (Lipinski definition) is 2. The second kappa shape index (κ2) is 4.96. The van der Waals surface area contributed by atoms with Gasteiger partial charge in [0.1, 0.15) is 5.69 Å². The first-order valence-electron chi connectivity index (χ1n) is 7.29. The van der Waals surface area contributed by atoms with Gasteiger partial charge in [0.25, 0.3) is 0 Å². The topological polar surface area (TPSA) is 108 Å². The maximum absolute atomic E-state index is 11.3. The number of aromatic nitrogens is 2. The van der Waals surface area contributed by atoms with Crippen molar-refractivity contribution in [2.24, 2.45) is 11.7 Å². The fourth-order valence-corrected chi connectivity index (χ4v) is 3.35. The summed E-state index contributed by atoms with van der Waals surface area (Å²) in [4.78, 5) is 10.9. The molecule has 3 rings (SSSR count). The van der Waals surface area contributed by atoms with Crippen LogP contribution in [0.15, 0.2) is 0 Å². The van der Waals surface area contributed by atoms with Gasteiger partial charge < -0.3 is 15.8 Å². The van der Waals surface area contributed by atoms with Crippen molar-refractivity contribution in [3.8, 4) is 0 Å². The molecule has 2 aliphatic rings. The molecule has 2 heterocycles. The third-order valence-corrected chi connectivity index (χ3v) is 4.48. The van der Waals surface area contributed by atoms with E-state index < -0.39 is 0 Å². The maximum atomic E-state index is 11.3. The van der Waals surface area contributed by atoms with Gasteiger partial charge in [-0.3, -0.25) is 10.1 Å². The molecule has 21 heavy (non-hydrogen) atoms. The Balaban J connectivity index is 1.92. The first kappa shape index (κ1) is 14.3. The van der Waals surface area contributed by atoms with Gasteiger partial charge in [-0.25, -0.2) is 4.68 Å². The Labute approximate surface area is 122 Å². The van der Waals surface area contributed by atoms with Crippen LogP contribution in [0.5, 0.6) is 0 Å². The van der Waals surface area contributed by atoms with E-state index in [-0.39, 0.29) is 34.8 Å². The Hall–Kier alpha value is -1.67. The van der Waals surface area contributed by atoms with Crippen LogP contribution in [0.4, 0.5) is 11.5 Å². The number of nitro groups is 1. The van der Waals surface area contributed by atoms with Crippen molar-refractivity contribution >= 4 is 11.5 Å². The summed E-state index contributed by atoms with van der Waals surface area (Å²) in [6, 6.07) is -0.103. The van der Waals surface area contributed by atoms with Gasteiger partial charge in [0.2, 0.25) is 5.82 Å². The summed E-state index contributed by atoms with van der Waals surface area (Å²) in [6.45, 7) is 6.25. The predicted octanol–water partition coefficient (Wildman–Crippen LogP) is 1.21. The summed E-state index contributed by atoms with van der Waals surface area (Å²) in [7, 11) is 0. The van der Waals surface area contributed by atoms with Crippen LogP contribution >= 0.6 is 0 Å². The number of fused-ring (bicyclic) bond motifs is 1. The van der Waals surface area contributed by atoms with E-state index in [4.69, 9.17) is 10.5 Å². The van der Waals surface area contributed by atoms with E-state index in [0.717, 1.165) is 6.42 Å². The normalized spacial score (nSPS) is 31.1. The zero-order chi connectivity index (χ0) is 15.3. The molecule has 8 nitrogen and oxygen atoms in total. The van der Waals surface area contributed by atoms with Crippen LogP contribution in [0.3, 0.4) is 0 Å². The average Bonchev–Trinajstić information content (AvgIpc) is 2.97. The second-order valence-electron chi connectivity index (χ2n) is 6.11. The lowest BCUT2D eigenvalue weighted by Gasteiger charge is -2.45. The van der Waals surface area contributed by atoms with E-state index >= 15 is 0 Å². The molecule has 0 spiro atoms. The van der Waals surface area contributed by atoms with Crippen molar-refractivity contribution < 1.29 is 9.66 Å². The van der Waals surface area contributed by atoms with Crippen LogP contribution < -0.4 is 11.1 Å². The third-order valence-electron chi connectivity index (χ3n) is 4.48. The summed E-state index contributed by atoms with van der Waals surface area (Å²) in [6.07, 6.45) is 1.02. The first-order chi connectivity index (χ1) is 9.91. The number of hydrogen-bond acceptors (Lipinski definition) is 6. The standard InChI is InChI=1S/C13H21N5O3/c1-6(2)17-13(11(18(19)20)7(3)16-17)15-10-9(14)8-4-5-21-12(8)10/h6,8-10,12,15H,4-5,14H2,1-3H3. The van der Waals surface area contributed by atoms with Gasteiger partial charge in [-0.2, -0.15) is 5.10 Å². The molecule has 4 unspecified atom stereocenters. The number of aryl methyl sites for hydroxylation is 1. The molecule has 3 N–H and O–H groups in total. The Kier molecular flexibility index (Phi) is 3.37. The molecule has 0 amide bonds. The summed E-state index contributed by atoms with van der Waals surface area (Å²) >= 11 is 0. The molecule has 2 fully saturated rings. The van der Waals surface area contributed by atoms with Gasteiger partial charge in [0.15, 0.2) is 0 Å². The first-order valence-corrected chi connectivity index (χ1v) is 7.29. The van der Waals surface area contributed by atoms with E-state index in [9.17, 15) is 10.1 Å². The number of nitrogens with two attached hydrogens (primary N) is 1. The predicted molar refractivity (Wildman–Crippen MR) is 77.2 cm³/mol. The highest BCUT2D eigenvalue weighted by atomic mass is 16.6. The van der Waals surface area contributed by atoms with Gasteiger partial charge in [0, 0.05) is 24.6 Å². The molecule has 1 saturated heterocycles. The summed E-state index contributed by atoms with van der Waals surface area (Å²) in [5, 5.41) is 18.8. The minimum atomic E-state index is -0.388. The van der Waals surface area contributed by atoms with Gasteiger partial charge >= 0.3 is 5.69 Å². The Bertz CT molecular complexity index is 570. The lowest BCUT2D eigenvalue weighted by Crippen LogP contribution is -2.65. The number of anilines is 1. The number of rotatable bonds is 4. The summed E-state index contributed by atoms with van der Waals surface area (Å²) in [5.41, 5.74) is 6.61. The van der Waals surface area contributed by atoms with Crippen LogP contribution in [0.2, 0.25) is 0 Å². The number of nitrogens with zero attached hydrogens (tertiary/aromatic N) is 3. The van der Waals surface area contributed by atoms with Crippen LogP contribution in [-0.2, 0) is 4.74 Å². The fourth-order valence-electron chi connectivity index (χ4n) is 3.35. The van der Waals surface area contributed by atoms with E-state index in [1.54, 1.807) is 11.6 Å². The molecule has 1 saturated carbocycles. The van der Waals surface area contributed by atoms with Gasteiger partial charge in [-0.1, -0.05) is 0 Å². The molecule has 8 heteroatoms. The van der Waals surface area contributed by atoms with Crippen LogP contribution in [0.1, 0.15) is 32.0 Å². The van der Waals surface area contributed by atoms with Crippen molar-refractivity contribution in [2.45, 2.75) is 51.4 Å². The van der Waals surface area contributed by atoms with Gasteiger partial charge in [-0.05, 0) is 27.2 Å². The van der Waals surface area contributed by atoms with Crippen LogP contribution in [-0.4, -0.2) is 39.5 Å². The van der Waals surface area contributed by atoms with Crippen molar-refractivity contribution in [3.63, 3.8) is 0 Å². The Morgan fingerprint density at radius 3 is 2.90 bits per heavy atom. The molecule has 1 aliphatic heterocycles. The minimum absolute atomic E-state index is 0.0245. The third kappa shape index (κ3) is 2.09. The number of nitrogens with one attached hydrogen (secondary N) is 1. The lowest BCUT2D eigenvalue weighted by molar-refractivity contribution is -0.384. The highest BCUT2D eigenvalue weighted by Crippen LogP contribution is 2.41. The minimum Gasteiger partial charge on any atom is -0.376 e. The molecule has 0 radical (unpaired) electrons. The molecule has 1 aromatic heterocycles. The van der Waals surface area contributed by atoms with Crippen molar-refractivity contribution in [2.75, 3.05) is 11.9 Å². The lowest BCUT2D eigenvalue weighted by atomic mass is 9.72. The van der Waals surface area contributed by atoms with Gasteiger partial charge in [0.05, 0.1) is 17.1 Å². The Morgan fingerprint density at radius 2 is 2.29 bits per heavy atom. The number of ether oxygens (including phenoxy) is 1. The van der Waals surface area contributed by atoms with Crippen LogP contribution in [0.25, 0.3) is 0 Å². The highest BCUT2D eigenvalue weighted by molar-refractivity contribution is 5.61. The zero-order valence-electron chi connectivity index (χ0n) is 12.4. The molecule has 1 aromatic rings. The van der Waals surface area contributed by atoms with E-state index in [1.165, 1.54) is 0 Å². The van der Waals surface area contributed by atoms with Gasteiger partial charge in [-0.15, -0.1) is 0 Å². The zero-order valence-corrected chi connectivity index (χ0v) is 12.4. The Morgan fingerprint density at radius 1 is 1.57 bits per heavy atom. The summed E-state index contributed by atoms with van der Waals surface area (Å²) < 4.78 is 7.33. The molecule has 116 valence electrons. The SMILES string of the molecule is Cc1nn(C(C)C)c(NC2C(N)C3CCOC32)c1[N+](=O)[O-]. The van der Waals surface area contributed by atoms with E-state index in [1.807, 2.05) is 13.8 Å². The highest BCUT2D eigenvalue weighted by Gasteiger charge is 2.53. The molecule has 4 atom stereocenters. The molecular weight excluding hydrogens is 274 g/mol. The molecule has 1 aliphatic carbocycles. The largest absolute Gasteiger partial charge is 0.376 e. The quantitative estimate of drug-likeness (QED) is 0.638. The monoisotopic (exact) mass is 295 g/mol. The van der Waals surface area contributed by atoms with Crippen molar-refractivity contribution in [1.82, 2.24) is 9.78 Å². The molecule has 0 bridgehead atoms. The molecular formula is C13H21N5O3. The smallest absolute Gasteiger partial charge is 0.333 e. The maximum Gasteiger partial charge on any atom is 0.333 e. The van der Waals surface area contributed by atoms with E-state index in [2.05, 4.69) is 10.4 Å². The fraction of sp³-hybridized carbons (Fsp3) is 0.769. The summed E-state index contributed by atoms with van der Waals surface area (Å²) in [5.74, 6) is 0.792. The van der Waals surface area contributed by atoms with Crippen molar-refractivity contribution in [3.05, 3.63) is 15.8 Å². The second-order valence-corrected chi connectivity index (χ2v) is 6.11. The van der Waals surface area contributed by atoms with Crippen molar-refractivity contribution in [1.29, 1.82) is 0 Å². The molecule has 0 aromatic carbocycles.